The largest absolute Gasteiger partial charge is 0.493 e. The molecular formula is C27H25ClN2O6S. The van der Waals surface area contributed by atoms with Crippen LogP contribution in [0, 0.1) is 0 Å². The van der Waals surface area contributed by atoms with Crippen molar-refractivity contribution in [1.29, 1.82) is 0 Å². The van der Waals surface area contributed by atoms with Gasteiger partial charge in [-0.05, 0) is 62.2 Å². The van der Waals surface area contributed by atoms with E-state index >= 15 is 0 Å². The van der Waals surface area contributed by atoms with E-state index in [1.807, 2.05) is 0 Å². The van der Waals surface area contributed by atoms with Gasteiger partial charge in [0.05, 0.1) is 35.1 Å². The zero-order valence-corrected chi connectivity index (χ0v) is 22.5. The second kappa shape index (κ2) is 10.7. The van der Waals surface area contributed by atoms with Crippen molar-refractivity contribution in [3.8, 4) is 11.5 Å². The smallest absolute Gasteiger partial charge is 0.338 e. The minimum absolute atomic E-state index is 0.278. The summed E-state index contributed by atoms with van der Waals surface area (Å²) in [5.41, 5.74) is 1.83. The first-order valence-electron chi connectivity index (χ1n) is 11.4. The third kappa shape index (κ3) is 5.52. The number of halogens is 1. The van der Waals surface area contributed by atoms with Crippen molar-refractivity contribution in [2.45, 2.75) is 39.8 Å². The first kappa shape index (κ1) is 26.4. The van der Waals surface area contributed by atoms with Crippen molar-refractivity contribution in [3.05, 3.63) is 89.6 Å². The molecule has 0 radical (unpaired) electrons. The summed E-state index contributed by atoms with van der Waals surface area (Å²) >= 11 is 7.31. The van der Waals surface area contributed by atoms with Crippen molar-refractivity contribution in [3.63, 3.8) is 0 Å². The second-order valence-electron chi connectivity index (χ2n) is 8.59. The number of esters is 2. The van der Waals surface area contributed by atoms with Gasteiger partial charge < -0.3 is 14.2 Å². The Balaban J connectivity index is 1.88. The summed E-state index contributed by atoms with van der Waals surface area (Å²) in [6, 6.07) is 11.2. The van der Waals surface area contributed by atoms with Crippen LogP contribution in [0.25, 0.3) is 6.08 Å². The number of ether oxygens (including phenoxy) is 3. The van der Waals surface area contributed by atoms with Gasteiger partial charge in [0.25, 0.3) is 5.56 Å². The van der Waals surface area contributed by atoms with E-state index < -0.39 is 18.0 Å². The van der Waals surface area contributed by atoms with E-state index in [0.717, 1.165) is 0 Å². The van der Waals surface area contributed by atoms with E-state index in [4.69, 9.17) is 25.8 Å². The number of benzene rings is 2. The number of carbonyl (C=O) groups excluding carboxylic acids is 2. The Morgan fingerprint density at radius 2 is 1.84 bits per heavy atom. The van der Waals surface area contributed by atoms with Gasteiger partial charge in [-0.15, -0.1) is 0 Å². The maximum atomic E-state index is 13.7. The maximum absolute atomic E-state index is 13.7. The lowest BCUT2D eigenvalue weighted by molar-refractivity contribution is -0.143. The van der Waals surface area contributed by atoms with Crippen LogP contribution in [0.1, 0.15) is 44.9 Å². The third-order valence-electron chi connectivity index (χ3n) is 5.51. The fourth-order valence-corrected chi connectivity index (χ4v) is 5.16. The van der Waals surface area contributed by atoms with Crippen molar-refractivity contribution in [2.75, 3.05) is 7.11 Å². The van der Waals surface area contributed by atoms with E-state index in [2.05, 4.69) is 4.99 Å². The molecule has 1 aliphatic rings. The lowest BCUT2D eigenvalue weighted by Gasteiger charge is -2.25. The normalized spacial score (nSPS) is 15.3. The maximum Gasteiger partial charge on any atom is 0.338 e. The van der Waals surface area contributed by atoms with Crippen LogP contribution in [0.5, 0.6) is 11.5 Å². The number of nitrogens with zero attached hydrogens (tertiary/aromatic N) is 2. The van der Waals surface area contributed by atoms with Gasteiger partial charge in [-0.3, -0.25) is 14.2 Å². The number of fused-ring (bicyclic) bond motifs is 1. The molecule has 0 fully saturated rings. The highest BCUT2D eigenvalue weighted by molar-refractivity contribution is 7.07. The van der Waals surface area contributed by atoms with E-state index in [1.165, 1.54) is 29.9 Å². The molecule has 3 aromatic rings. The Kier molecular flexibility index (Phi) is 7.65. The zero-order valence-electron chi connectivity index (χ0n) is 20.9. The highest BCUT2D eigenvalue weighted by Gasteiger charge is 2.33. The summed E-state index contributed by atoms with van der Waals surface area (Å²) in [7, 11) is 1.46. The van der Waals surface area contributed by atoms with Crippen LogP contribution in [0.4, 0.5) is 0 Å². The van der Waals surface area contributed by atoms with Crippen LogP contribution in [0.2, 0.25) is 5.02 Å². The predicted molar refractivity (Wildman–Crippen MR) is 141 cm³/mol. The van der Waals surface area contributed by atoms with E-state index in [1.54, 1.807) is 69.3 Å². The molecule has 192 valence electrons. The van der Waals surface area contributed by atoms with E-state index in [9.17, 15) is 14.4 Å². The third-order valence-corrected chi connectivity index (χ3v) is 6.74. The Hall–Kier alpha value is -3.69. The van der Waals surface area contributed by atoms with Crippen molar-refractivity contribution in [1.82, 2.24) is 4.57 Å². The van der Waals surface area contributed by atoms with Crippen LogP contribution in [-0.2, 0) is 14.3 Å². The summed E-state index contributed by atoms with van der Waals surface area (Å²) in [6.07, 6.45) is 1.36. The number of allylic oxidation sites excluding steroid dienone is 1. The molecule has 0 unspecified atom stereocenters. The lowest BCUT2D eigenvalue weighted by atomic mass is 9.96. The number of hydrogen-bond acceptors (Lipinski definition) is 8. The summed E-state index contributed by atoms with van der Waals surface area (Å²) in [6.45, 7) is 6.57. The Labute approximate surface area is 222 Å². The van der Waals surface area contributed by atoms with Crippen molar-refractivity contribution in [2.24, 2.45) is 4.99 Å². The van der Waals surface area contributed by atoms with Gasteiger partial charge in [0.15, 0.2) is 16.3 Å². The van der Waals surface area contributed by atoms with Crippen LogP contribution in [-0.4, -0.2) is 29.7 Å². The molecule has 0 bridgehead atoms. The van der Waals surface area contributed by atoms with E-state index in [0.29, 0.717) is 42.5 Å². The number of rotatable bonds is 6. The van der Waals surface area contributed by atoms with Crippen LogP contribution in [0.15, 0.2) is 63.5 Å². The average molecular weight is 541 g/mol. The number of hydrogen-bond donors (Lipinski definition) is 0. The molecule has 2 heterocycles. The second-order valence-corrected chi connectivity index (χ2v) is 10.0. The molecule has 0 spiro atoms. The Morgan fingerprint density at radius 1 is 1.14 bits per heavy atom. The van der Waals surface area contributed by atoms with Crippen LogP contribution < -0.4 is 24.4 Å². The number of thiazole rings is 1. The molecule has 2 aromatic carbocycles. The van der Waals surface area contributed by atoms with Gasteiger partial charge in [0, 0.05) is 11.9 Å². The molecule has 4 rings (SSSR count). The molecule has 0 saturated carbocycles. The quantitative estimate of drug-likeness (QED) is 0.349. The van der Waals surface area contributed by atoms with Gasteiger partial charge in [0.2, 0.25) is 0 Å². The highest BCUT2D eigenvalue weighted by Crippen LogP contribution is 2.32. The molecule has 0 N–H and O–H groups in total. The fraction of sp³-hybridized carbons (Fsp3) is 0.259. The van der Waals surface area contributed by atoms with Crippen molar-refractivity contribution < 1.29 is 23.8 Å². The molecule has 0 aliphatic carbocycles. The summed E-state index contributed by atoms with van der Waals surface area (Å²) < 4.78 is 17.9. The average Bonchev–Trinajstić information content (AvgIpc) is 3.13. The fourth-order valence-electron chi connectivity index (χ4n) is 3.99. The number of methoxy groups -OCH3 is 1. The van der Waals surface area contributed by atoms with Gasteiger partial charge in [-0.2, -0.15) is 0 Å². The molecule has 1 aliphatic heterocycles. The molecule has 8 nitrogen and oxygen atoms in total. The minimum atomic E-state index is -0.734. The molecule has 1 aromatic heterocycles. The first-order chi connectivity index (χ1) is 17.6. The summed E-state index contributed by atoms with van der Waals surface area (Å²) in [5.74, 6) is -0.370. The van der Waals surface area contributed by atoms with E-state index in [-0.39, 0.29) is 17.4 Å². The van der Waals surface area contributed by atoms with Crippen LogP contribution in [0.3, 0.4) is 0 Å². The lowest BCUT2D eigenvalue weighted by Crippen LogP contribution is -2.40. The standard InChI is InChI=1S/C27H25ClN2O6S/c1-14(2)35-26(33)23-15(3)29-27-30(24(23)18-7-9-19(28)10-8-18)25(32)22(37-27)13-17-6-11-20(36-16(4)31)21(12-17)34-5/h6-14,24H,1-5H3/t24-/m0/s1. The van der Waals surface area contributed by atoms with Gasteiger partial charge in [0.1, 0.15) is 0 Å². The molecule has 0 amide bonds. The molecule has 37 heavy (non-hydrogen) atoms. The number of aromatic nitrogens is 1. The van der Waals surface area contributed by atoms with Crippen molar-refractivity contribution >= 4 is 41.0 Å². The van der Waals surface area contributed by atoms with Gasteiger partial charge >= 0.3 is 11.9 Å². The molecular weight excluding hydrogens is 516 g/mol. The first-order valence-corrected chi connectivity index (χ1v) is 12.6. The van der Waals surface area contributed by atoms with Gasteiger partial charge in [-0.25, -0.2) is 9.79 Å². The molecule has 1 atom stereocenters. The number of carbonyl (C=O) groups is 2. The van der Waals surface area contributed by atoms with Crippen LogP contribution >= 0.6 is 22.9 Å². The monoisotopic (exact) mass is 540 g/mol. The highest BCUT2D eigenvalue weighted by atomic mass is 35.5. The SMILES string of the molecule is COc1cc(C=c2sc3n(c2=O)[C@@H](c2ccc(Cl)cc2)C(C(=O)OC(C)C)=C(C)N=3)ccc1OC(C)=O. The summed E-state index contributed by atoms with van der Waals surface area (Å²) in [4.78, 5) is 43.2. The Morgan fingerprint density at radius 3 is 2.46 bits per heavy atom. The predicted octanol–water partition coefficient (Wildman–Crippen LogP) is 3.77. The zero-order chi connectivity index (χ0) is 26.9. The summed E-state index contributed by atoms with van der Waals surface area (Å²) in [5, 5.41) is 0.536. The molecule has 10 heteroatoms. The topological polar surface area (TPSA) is 96.2 Å². The van der Waals surface area contributed by atoms with Gasteiger partial charge in [-0.1, -0.05) is 41.1 Å². The Bertz CT molecular complexity index is 1580. The molecule has 0 saturated heterocycles. The minimum Gasteiger partial charge on any atom is -0.493 e.